The fourth-order valence-electron chi connectivity index (χ4n) is 3.58. The van der Waals surface area contributed by atoms with Gasteiger partial charge in [-0.2, -0.15) is 0 Å². The monoisotopic (exact) mass is 442 g/mol. The highest BCUT2D eigenvalue weighted by molar-refractivity contribution is 7.99. The molecule has 2 N–H and O–H groups in total. The Morgan fingerprint density at radius 1 is 1.17 bits per heavy atom. The van der Waals surface area contributed by atoms with Gasteiger partial charge in [0.2, 0.25) is 11.8 Å². The van der Waals surface area contributed by atoms with Crippen LogP contribution in [0.2, 0.25) is 0 Å². The molecule has 3 aromatic rings. The molecule has 156 valence electrons. The van der Waals surface area contributed by atoms with E-state index in [1.807, 2.05) is 37.3 Å². The van der Waals surface area contributed by atoms with Crippen LogP contribution in [0.3, 0.4) is 0 Å². The Hall–Kier alpha value is -2.65. The number of thiophene rings is 1. The van der Waals surface area contributed by atoms with Gasteiger partial charge in [-0.15, -0.1) is 11.3 Å². The summed E-state index contributed by atoms with van der Waals surface area (Å²) >= 11 is 2.79. The van der Waals surface area contributed by atoms with Gasteiger partial charge in [-0.1, -0.05) is 42.1 Å². The summed E-state index contributed by atoms with van der Waals surface area (Å²) in [6.45, 7) is 2.39. The van der Waals surface area contributed by atoms with Gasteiger partial charge in [0, 0.05) is 11.4 Å². The van der Waals surface area contributed by atoms with E-state index in [0.717, 1.165) is 40.6 Å². The lowest BCUT2D eigenvalue weighted by atomic mass is 10.1. The van der Waals surface area contributed by atoms with Crippen molar-refractivity contribution in [1.82, 2.24) is 20.4 Å². The molecule has 4 rings (SSSR count). The van der Waals surface area contributed by atoms with Crippen LogP contribution < -0.4 is 16.4 Å². The quantitative estimate of drug-likeness (QED) is 0.348. The molecule has 1 aromatic carbocycles. The topological polar surface area (TPSA) is 93.1 Å². The number of benzene rings is 1. The maximum absolute atomic E-state index is 13.0. The van der Waals surface area contributed by atoms with Gasteiger partial charge in [0.25, 0.3) is 5.56 Å². The number of carbonyl (C=O) groups excluding carboxylic acids is 2. The molecule has 0 aliphatic heterocycles. The van der Waals surface area contributed by atoms with E-state index in [2.05, 4.69) is 15.8 Å². The standard InChI is InChI=1S/C21H22N4O3S2/c1-2-25-20(28)18-14-9-6-10-15(14)30-19(18)22-21(25)29-12-17(27)24-23-16(26)11-13-7-4-3-5-8-13/h3-5,7-8H,2,6,9-12H2,1H3,(H,23,26)(H,24,27). The van der Waals surface area contributed by atoms with Crippen LogP contribution in [-0.4, -0.2) is 27.1 Å². The van der Waals surface area contributed by atoms with E-state index >= 15 is 0 Å². The molecule has 2 amide bonds. The van der Waals surface area contributed by atoms with Crippen LogP contribution in [-0.2, 0) is 35.4 Å². The maximum Gasteiger partial charge on any atom is 0.263 e. The van der Waals surface area contributed by atoms with Crippen LogP contribution in [0.5, 0.6) is 0 Å². The molecular formula is C21H22N4O3S2. The first-order valence-corrected chi connectivity index (χ1v) is 11.7. The fourth-order valence-corrected chi connectivity index (χ4v) is 5.74. The van der Waals surface area contributed by atoms with Gasteiger partial charge >= 0.3 is 0 Å². The van der Waals surface area contributed by atoms with Crippen molar-refractivity contribution in [3.8, 4) is 0 Å². The number of hydrogen-bond acceptors (Lipinski definition) is 6. The summed E-state index contributed by atoms with van der Waals surface area (Å²) < 4.78 is 1.62. The van der Waals surface area contributed by atoms with Gasteiger partial charge in [-0.3, -0.25) is 29.8 Å². The second-order valence-electron chi connectivity index (χ2n) is 7.03. The molecule has 1 aliphatic rings. The van der Waals surface area contributed by atoms with Crippen molar-refractivity contribution in [2.75, 3.05) is 5.75 Å². The summed E-state index contributed by atoms with van der Waals surface area (Å²) in [4.78, 5) is 43.8. The number of rotatable bonds is 6. The van der Waals surface area contributed by atoms with Crippen LogP contribution in [0, 0.1) is 0 Å². The van der Waals surface area contributed by atoms with Crippen LogP contribution in [0.15, 0.2) is 40.3 Å². The number of aryl methyl sites for hydroxylation is 2. The first kappa shape index (κ1) is 20.6. The third-order valence-electron chi connectivity index (χ3n) is 4.99. The zero-order chi connectivity index (χ0) is 21.1. The molecule has 2 aromatic heterocycles. The van der Waals surface area contributed by atoms with Gasteiger partial charge in [-0.25, -0.2) is 4.98 Å². The number of aromatic nitrogens is 2. The molecule has 0 radical (unpaired) electrons. The Labute approximate surface area is 181 Å². The van der Waals surface area contributed by atoms with E-state index in [1.165, 1.54) is 16.6 Å². The van der Waals surface area contributed by atoms with Crippen molar-refractivity contribution < 1.29 is 9.59 Å². The van der Waals surface area contributed by atoms with Gasteiger partial charge in [0.15, 0.2) is 5.16 Å². The van der Waals surface area contributed by atoms with Crippen molar-refractivity contribution >= 4 is 45.1 Å². The lowest BCUT2D eigenvalue weighted by molar-refractivity contribution is -0.127. The minimum absolute atomic E-state index is 0.0269. The molecule has 0 saturated carbocycles. The number of carbonyl (C=O) groups is 2. The highest BCUT2D eigenvalue weighted by Gasteiger charge is 2.23. The number of hydrazine groups is 1. The van der Waals surface area contributed by atoms with Gasteiger partial charge in [0.05, 0.1) is 17.6 Å². The van der Waals surface area contributed by atoms with E-state index in [0.29, 0.717) is 11.7 Å². The third kappa shape index (κ3) is 4.27. The minimum atomic E-state index is -0.355. The number of nitrogens with one attached hydrogen (secondary N) is 2. The summed E-state index contributed by atoms with van der Waals surface area (Å²) in [7, 11) is 0. The molecule has 2 heterocycles. The predicted molar refractivity (Wildman–Crippen MR) is 119 cm³/mol. The molecule has 0 unspecified atom stereocenters. The molecule has 0 fully saturated rings. The first-order valence-electron chi connectivity index (χ1n) is 9.86. The Balaban J connectivity index is 1.39. The minimum Gasteiger partial charge on any atom is -0.287 e. The molecule has 7 nitrogen and oxygen atoms in total. The van der Waals surface area contributed by atoms with Crippen LogP contribution in [0.25, 0.3) is 10.2 Å². The van der Waals surface area contributed by atoms with E-state index < -0.39 is 0 Å². The third-order valence-corrected chi connectivity index (χ3v) is 7.15. The van der Waals surface area contributed by atoms with Gasteiger partial charge in [0.1, 0.15) is 4.83 Å². The van der Waals surface area contributed by atoms with Crippen molar-refractivity contribution in [2.24, 2.45) is 0 Å². The van der Waals surface area contributed by atoms with E-state index in [4.69, 9.17) is 0 Å². The highest BCUT2D eigenvalue weighted by atomic mass is 32.2. The van der Waals surface area contributed by atoms with Crippen molar-refractivity contribution in [1.29, 1.82) is 0 Å². The highest BCUT2D eigenvalue weighted by Crippen LogP contribution is 2.35. The lowest BCUT2D eigenvalue weighted by Gasteiger charge is -2.11. The summed E-state index contributed by atoms with van der Waals surface area (Å²) in [6.07, 6.45) is 3.23. The Morgan fingerprint density at radius 2 is 1.93 bits per heavy atom. The fraction of sp³-hybridized carbons (Fsp3) is 0.333. The van der Waals surface area contributed by atoms with Crippen LogP contribution in [0.1, 0.15) is 29.3 Å². The average molecular weight is 443 g/mol. The summed E-state index contributed by atoms with van der Waals surface area (Å²) in [6, 6.07) is 9.30. The summed E-state index contributed by atoms with van der Waals surface area (Å²) in [5, 5.41) is 1.28. The second-order valence-corrected chi connectivity index (χ2v) is 9.05. The zero-order valence-electron chi connectivity index (χ0n) is 16.6. The van der Waals surface area contributed by atoms with E-state index in [1.54, 1.807) is 15.9 Å². The molecule has 0 atom stereocenters. The molecule has 9 heteroatoms. The number of amides is 2. The average Bonchev–Trinajstić information content (AvgIpc) is 3.32. The summed E-state index contributed by atoms with van der Waals surface area (Å²) in [5.74, 6) is -0.598. The van der Waals surface area contributed by atoms with E-state index in [9.17, 15) is 14.4 Å². The molecule has 0 spiro atoms. The Kier molecular flexibility index (Phi) is 6.19. The smallest absolute Gasteiger partial charge is 0.263 e. The van der Waals surface area contributed by atoms with E-state index in [-0.39, 0.29) is 29.5 Å². The SMILES string of the molecule is CCn1c(SCC(=O)NNC(=O)Cc2ccccc2)nc2sc3c(c2c1=O)CCC3. The predicted octanol–water partition coefficient (Wildman–Crippen LogP) is 2.45. The molecule has 0 bridgehead atoms. The zero-order valence-corrected chi connectivity index (χ0v) is 18.2. The van der Waals surface area contributed by atoms with Crippen molar-refractivity contribution in [3.63, 3.8) is 0 Å². The molecular weight excluding hydrogens is 420 g/mol. The first-order chi connectivity index (χ1) is 14.6. The molecule has 30 heavy (non-hydrogen) atoms. The second kappa shape index (κ2) is 9.01. The van der Waals surface area contributed by atoms with Crippen molar-refractivity contribution in [2.45, 2.75) is 44.3 Å². The van der Waals surface area contributed by atoms with Gasteiger partial charge in [-0.05, 0) is 37.3 Å². The summed E-state index contributed by atoms with van der Waals surface area (Å²) in [5.41, 5.74) is 6.84. The number of thioether (sulfide) groups is 1. The van der Waals surface area contributed by atoms with Crippen molar-refractivity contribution in [3.05, 3.63) is 56.7 Å². The number of nitrogens with zero attached hydrogens (tertiary/aromatic N) is 2. The van der Waals surface area contributed by atoms with Crippen LogP contribution in [0.4, 0.5) is 0 Å². The Bertz CT molecular complexity index is 1150. The van der Waals surface area contributed by atoms with Crippen LogP contribution >= 0.6 is 23.1 Å². The normalized spacial score (nSPS) is 12.7. The Morgan fingerprint density at radius 3 is 2.70 bits per heavy atom. The molecule has 1 aliphatic carbocycles. The number of fused-ring (bicyclic) bond motifs is 3. The molecule has 0 saturated heterocycles. The lowest BCUT2D eigenvalue weighted by Crippen LogP contribution is -2.43. The number of hydrogen-bond donors (Lipinski definition) is 2. The largest absolute Gasteiger partial charge is 0.287 e. The maximum atomic E-state index is 13.0. The van der Waals surface area contributed by atoms with Gasteiger partial charge < -0.3 is 0 Å².